The van der Waals surface area contributed by atoms with Crippen LogP contribution in [-0.2, 0) is 11.4 Å². The maximum absolute atomic E-state index is 12.0. The van der Waals surface area contributed by atoms with Gasteiger partial charge in [0.15, 0.2) is 11.6 Å². The van der Waals surface area contributed by atoms with Crippen molar-refractivity contribution in [3.05, 3.63) is 62.5 Å². The Morgan fingerprint density at radius 1 is 1.00 bits per heavy atom. The molecule has 1 aromatic heterocycles. The summed E-state index contributed by atoms with van der Waals surface area (Å²) < 4.78 is 10.9. The third-order valence-electron chi connectivity index (χ3n) is 3.14. The van der Waals surface area contributed by atoms with Gasteiger partial charge in [0.25, 0.3) is 5.91 Å². The summed E-state index contributed by atoms with van der Waals surface area (Å²) in [5.41, 5.74) is 0. The molecule has 0 radical (unpaired) electrons. The standard InChI is InChI=1S/C17H12Cl3N3O3S/c18-10-1-4-12(5-2-10)25-9-16-22-23-17(27-16)21-15(24)8-26-14-6-3-11(19)7-13(14)20/h1-7H,8-9H2,(H,21,23,24). The summed E-state index contributed by atoms with van der Waals surface area (Å²) in [7, 11) is 0. The molecular weight excluding hydrogens is 433 g/mol. The summed E-state index contributed by atoms with van der Waals surface area (Å²) in [6.07, 6.45) is 0. The Balaban J connectivity index is 1.48. The summed E-state index contributed by atoms with van der Waals surface area (Å²) in [5, 5.41) is 12.9. The molecule has 0 spiro atoms. The van der Waals surface area contributed by atoms with Crippen LogP contribution in [0.4, 0.5) is 5.13 Å². The van der Waals surface area contributed by atoms with Crippen molar-refractivity contribution in [1.82, 2.24) is 10.2 Å². The number of ether oxygens (including phenoxy) is 2. The lowest BCUT2D eigenvalue weighted by Gasteiger charge is -2.07. The van der Waals surface area contributed by atoms with E-state index in [1.165, 1.54) is 17.4 Å². The minimum absolute atomic E-state index is 0.225. The first kappa shape index (κ1) is 19.7. The molecule has 0 bridgehead atoms. The van der Waals surface area contributed by atoms with E-state index in [-0.39, 0.29) is 19.1 Å². The Kier molecular flexibility index (Phi) is 6.73. The zero-order valence-electron chi connectivity index (χ0n) is 13.6. The molecule has 0 aliphatic carbocycles. The van der Waals surface area contributed by atoms with Crippen LogP contribution in [0.2, 0.25) is 15.1 Å². The van der Waals surface area contributed by atoms with Crippen LogP contribution in [0.25, 0.3) is 0 Å². The van der Waals surface area contributed by atoms with Gasteiger partial charge in [0, 0.05) is 10.0 Å². The third-order valence-corrected chi connectivity index (χ3v) is 4.74. The van der Waals surface area contributed by atoms with Crippen LogP contribution in [0.1, 0.15) is 5.01 Å². The minimum Gasteiger partial charge on any atom is -0.486 e. The quantitative estimate of drug-likeness (QED) is 0.549. The van der Waals surface area contributed by atoms with Crippen molar-refractivity contribution in [2.24, 2.45) is 0 Å². The number of benzene rings is 2. The predicted molar refractivity (Wildman–Crippen MR) is 106 cm³/mol. The number of carbonyl (C=O) groups excluding carboxylic acids is 1. The summed E-state index contributed by atoms with van der Waals surface area (Å²) >= 11 is 18.8. The van der Waals surface area contributed by atoms with E-state index in [9.17, 15) is 4.79 Å². The highest BCUT2D eigenvalue weighted by Gasteiger charge is 2.11. The number of amides is 1. The molecule has 2 aromatic carbocycles. The zero-order valence-corrected chi connectivity index (χ0v) is 16.7. The molecule has 0 saturated carbocycles. The fourth-order valence-corrected chi connectivity index (χ4v) is 3.19. The summed E-state index contributed by atoms with van der Waals surface area (Å²) in [6, 6.07) is 11.7. The number of carbonyl (C=O) groups is 1. The molecule has 10 heteroatoms. The summed E-state index contributed by atoms with van der Waals surface area (Å²) in [4.78, 5) is 12.0. The van der Waals surface area contributed by atoms with Crippen LogP contribution in [0.15, 0.2) is 42.5 Å². The lowest BCUT2D eigenvalue weighted by atomic mass is 10.3. The van der Waals surface area contributed by atoms with Crippen LogP contribution < -0.4 is 14.8 Å². The van der Waals surface area contributed by atoms with E-state index < -0.39 is 0 Å². The second-order valence-electron chi connectivity index (χ2n) is 5.16. The van der Waals surface area contributed by atoms with Gasteiger partial charge < -0.3 is 9.47 Å². The van der Waals surface area contributed by atoms with Crippen LogP contribution in [0, 0.1) is 0 Å². The van der Waals surface area contributed by atoms with E-state index in [0.717, 1.165) is 0 Å². The first-order chi connectivity index (χ1) is 13.0. The van der Waals surface area contributed by atoms with Crippen molar-refractivity contribution >= 4 is 57.2 Å². The number of rotatable bonds is 7. The van der Waals surface area contributed by atoms with Gasteiger partial charge in [-0.3, -0.25) is 10.1 Å². The lowest BCUT2D eigenvalue weighted by Crippen LogP contribution is -2.20. The number of hydrogen-bond acceptors (Lipinski definition) is 6. The zero-order chi connectivity index (χ0) is 19.2. The third kappa shape index (κ3) is 5.97. The maximum atomic E-state index is 12.0. The van der Waals surface area contributed by atoms with E-state index >= 15 is 0 Å². The molecule has 0 saturated heterocycles. The van der Waals surface area contributed by atoms with E-state index in [1.54, 1.807) is 36.4 Å². The smallest absolute Gasteiger partial charge is 0.264 e. The second kappa shape index (κ2) is 9.23. The van der Waals surface area contributed by atoms with Gasteiger partial charge in [-0.05, 0) is 42.5 Å². The molecule has 140 valence electrons. The number of nitrogens with zero attached hydrogens (tertiary/aromatic N) is 2. The molecule has 0 unspecified atom stereocenters. The Labute approximate surface area is 174 Å². The van der Waals surface area contributed by atoms with Crippen molar-refractivity contribution in [2.75, 3.05) is 11.9 Å². The molecule has 0 atom stereocenters. The first-order valence-electron chi connectivity index (χ1n) is 7.58. The van der Waals surface area contributed by atoms with Crippen molar-refractivity contribution in [1.29, 1.82) is 0 Å². The van der Waals surface area contributed by atoms with Gasteiger partial charge in [0.2, 0.25) is 5.13 Å². The van der Waals surface area contributed by atoms with Crippen molar-refractivity contribution in [3.63, 3.8) is 0 Å². The molecule has 0 fully saturated rings. The molecular formula is C17H12Cl3N3O3S. The van der Waals surface area contributed by atoms with E-state index in [4.69, 9.17) is 44.3 Å². The number of aromatic nitrogens is 2. The van der Waals surface area contributed by atoms with Crippen LogP contribution >= 0.6 is 46.1 Å². The van der Waals surface area contributed by atoms with E-state index in [0.29, 0.717) is 36.7 Å². The van der Waals surface area contributed by atoms with Crippen molar-refractivity contribution in [2.45, 2.75) is 6.61 Å². The molecule has 3 aromatic rings. The average molecular weight is 445 g/mol. The molecule has 0 aliphatic heterocycles. The Morgan fingerprint density at radius 3 is 2.48 bits per heavy atom. The van der Waals surface area contributed by atoms with Crippen molar-refractivity contribution in [3.8, 4) is 11.5 Å². The highest BCUT2D eigenvalue weighted by atomic mass is 35.5. The molecule has 27 heavy (non-hydrogen) atoms. The van der Waals surface area contributed by atoms with Crippen LogP contribution in [0.3, 0.4) is 0 Å². The average Bonchev–Trinajstić information content (AvgIpc) is 3.08. The van der Waals surface area contributed by atoms with E-state index in [1.807, 2.05) is 0 Å². The number of hydrogen-bond donors (Lipinski definition) is 1. The lowest BCUT2D eigenvalue weighted by molar-refractivity contribution is -0.118. The number of halogens is 3. The van der Waals surface area contributed by atoms with Gasteiger partial charge in [-0.2, -0.15) is 0 Å². The Hall–Kier alpha value is -2.06. The van der Waals surface area contributed by atoms with E-state index in [2.05, 4.69) is 15.5 Å². The predicted octanol–water partition coefficient (Wildman–Crippen LogP) is 5.09. The molecule has 1 amide bonds. The molecule has 1 heterocycles. The normalized spacial score (nSPS) is 10.5. The fourth-order valence-electron chi connectivity index (χ4n) is 1.93. The highest BCUT2D eigenvalue weighted by molar-refractivity contribution is 7.15. The van der Waals surface area contributed by atoms with Gasteiger partial charge in [-0.15, -0.1) is 10.2 Å². The molecule has 1 N–H and O–H groups in total. The topological polar surface area (TPSA) is 73.3 Å². The van der Waals surface area contributed by atoms with Gasteiger partial charge in [-0.1, -0.05) is 46.1 Å². The van der Waals surface area contributed by atoms with Gasteiger partial charge >= 0.3 is 0 Å². The Morgan fingerprint density at radius 2 is 1.74 bits per heavy atom. The van der Waals surface area contributed by atoms with Gasteiger partial charge in [0.1, 0.15) is 18.1 Å². The molecule has 3 rings (SSSR count). The monoisotopic (exact) mass is 443 g/mol. The maximum Gasteiger partial charge on any atom is 0.264 e. The Bertz CT molecular complexity index is 935. The number of nitrogens with one attached hydrogen (secondary N) is 1. The summed E-state index contributed by atoms with van der Waals surface area (Å²) in [6.45, 7) is 0.00356. The van der Waals surface area contributed by atoms with Gasteiger partial charge in [0.05, 0.1) is 5.02 Å². The molecule has 6 nitrogen and oxygen atoms in total. The highest BCUT2D eigenvalue weighted by Crippen LogP contribution is 2.27. The second-order valence-corrected chi connectivity index (χ2v) is 7.50. The van der Waals surface area contributed by atoms with Crippen molar-refractivity contribution < 1.29 is 14.3 Å². The van der Waals surface area contributed by atoms with Gasteiger partial charge in [-0.25, -0.2) is 0 Å². The number of anilines is 1. The SMILES string of the molecule is O=C(COc1ccc(Cl)cc1Cl)Nc1nnc(COc2ccc(Cl)cc2)s1. The first-order valence-corrected chi connectivity index (χ1v) is 9.53. The largest absolute Gasteiger partial charge is 0.486 e. The fraction of sp³-hybridized carbons (Fsp3) is 0.118. The van der Waals surface area contributed by atoms with Crippen LogP contribution in [0.5, 0.6) is 11.5 Å². The minimum atomic E-state index is -0.387. The summed E-state index contributed by atoms with van der Waals surface area (Å²) in [5.74, 6) is 0.640. The van der Waals surface area contributed by atoms with Crippen LogP contribution in [-0.4, -0.2) is 22.7 Å². The molecule has 0 aliphatic rings.